The van der Waals surface area contributed by atoms with Gasteiger partial charge in [0.05, 0.1) is 41.2 Å². The number of rotatable bonds is 7. The van der Waals surface area contributed by atoms with Gasteiger partial charge in [-0.1, -0.05) is 35.8 Å². The highest BCUT2D eigenvalue weighted by molar-refractivity contribution is 6.41. The molecule has 4 rings (SSSR count). The van der Waals surface area contributed by atoms with Gasteiger partial charge in [-0.05, 0) is 36.8 Å². The van der Waals surface area contributed by atoms with Crippen LogP contribution in [-0.4, -0.2) is 25.1 Å². The van der Waals surface area contributed by atoms with E-state index >= 15 is 0 Å². The molecule has 10 heteroatoms. The van der Waals surface area contributed by atoms with E-state index in [9.17, 15) is 9.59 Å². The molecule has 0 saturated heterocycles. The first-order valence-electron chi connectivity index (χ1n) is 10.6. The maximum atomic E-state index is 13.0. The molecule has 4 aromatic rings. The molecule has 2 N–H and O–H groups in total. The molecular formula is C26H21Cl2N3O5. The number of nitrogens with one attached hydrogen (secondary N) is 2. The Morgan fingerprint density at radius 3 is 2.39 bits per heavy atom. The van der Waals surface area contributed by atoms with E-state index in [4.69, 9.17) is 37.1 Å². The molecule has 2 aromatic carbocycles. The normalized spacial score (nSPS) is 10.7. The molecule has 0 spiro atoms. The Kier molecular flexibility index (Phi) is 7.19. The Morgan fingerprint density at radius 1 is 1.06 bits per heavy atom. The largest absolute Gasteiger partial charge is 0.495 e. The number of halogens is 2. The maximum Gasteiger partial charge on any atom is 0.344 e. The minimum absolute atomic E-state index is 0.130. The third-order valence-corrected chi connectivity index (χ3v) is 6.09. The fourth-order valence-electron chi connectivity index (χ4n) is 3.57. The van der Waals surface area contributed by atoms with Crippen molar-refractivity contribution in [2.75, 3.05) is 24.9 Å². The Balaban J connectivity index is 1.77. The van der Waals surface area contributed by atoms with Crippen LogP contribution in [0.1, 0.15) is 5.56 Å². The van der Waals surface area contributed by atoms with Crippen LogP contribution < -0.4 is 25.7 Å². The monoisotopic (exact) mass is 525 g/mol. The summed E-state index contributed by atoms with van der Waals surface area (Å²) in [5.74, 6) is 0.640. The van der Waals surface area contributed by atoms with E-state index in [1.165, 1.54) is 26.4 Å². The smallest absolute Gasteiger partial charge is 0.344 e. The summed E-state index contributed by atoms with van der Waals surface area (Å²) in [7, 11) is 2.89. The highest BCUT2D eigenvalue weighted by atomic mass is 35.5. The van der Waals surface area contributed by atoms with Crippen LogP contribution in [-0.2, 0) is 4.79 Å². The van der Waals surface area contributed by atoms with Gasteiger partial charge in [-0.2, -0.15) is 0 Å². The van der Waals surface area contributed by atoms with Crippen LogP contribution in [0.25, 0.3) is 22.1 Å². The lowest BCUT2D eigenvalue weighted by molar-refractivity contribution is -0.111. The number of aryl methyl sites for hydroxylation is 1. The van der Waals surface area contributed by atoms with Crippen molar-refractivity contribution in [3.63, 3.8) is 0 Å². The number of amides is 1. The summed E-state index contributed by atoms with van der Waals surface area (Å²) in [5.41, 5.74) is 2.10. The first-order valence-corrected chi connectivity index (χ1v) is 11.4. The molecule has 8 nitrogen and oxygen atoms in total. The molecule has 0 radical (unpaired) electrons. The SMILES string of the molecule is C=CC(=O)Nc1ccc(C)cc1Nc1cc2oc(=O)c(-c3c(Cl)c(OC)cc(OC)c3Cl)cc2cn1. The van der Waals surface area contributed by atoms with E-state index in [-0.39, 0.29) is 32.7 Å². The first kappa shape index (κ1) is 25.1. The number of fused-ring (bicyclic) bond motifs is 1. The molecule has 2 aromatic heterocycles. The van der Waals surface area contributed by atoms with Crippen molar-refractivity contribution in [2.24, 2.45) is 0 Å². The van der Waals surface area contributed by atoms with Crippen LogP contribution in [0.2, 0.25) is 10.0 Å². The molecule has 36 heavy (non-hydrogen) atoms. The van der Waals surface area contributed by atoms with Crippen LogP contribution in [0, 0.1) is 6.92 Å². The third kappa shape index (κ3) is 4.86. The molecule has 0 aliphatic heterocycles. The van der Waals surface area contributed by atoms with Crippen molar-refractivity contribution >= 4 is 57.3 Å². The molecule has 0 atom stereocenters. The topological polar surface area (TPSA) is 103 Å². The Bertz CT molecular complexity index is 1540. The number of ether oxygens (including phenoxy) is 2. The van der Waals surface area contributed by atoms with Crippen molar-refractivity contribution in [2.45, 2.75) is 6.92 Å². The lowest BCUT2D eigenvalue weighted by Crippen LogP contribution is -2.09. The van der Waals surface area contributed by atoms with Crippen molar-refractivity contribution in [3.05, 3.63) is 81.3 Å². The average molecular weight is 526 g/mol. The molecule has 0 saturated carbocycles. The van der Waals surface area contributed by atoms with E-state index in [2.05, 4.69) is 22.2 Å². The molecule has 0 fully saturated rings. The second-order valence-corrected chi connectivity index (χ2v) is 8.46. The number of anilines is 3. The van der Waals surface area contributed by atoms with Gasteiger partial charge in [0.15, 0.2) is 0 Å². The van der Waals surface area contributed by atoms with Crippen LogP contribution in [0.15, 0.2) is 64.5 Å². The van der Waals surface area contributed by atoms with Gasteiger partial charge in [0.25, 0.3) is 0 Å². The number of hydrogen-bond acceptors (Lipinski definition) is 7. The van der Waals surface area contributed by atoms with Gasteiger partial charge in [0.2, 0.25) is 5.91 Å². The molecule has 184 valence electrons. The predicted octanol–water partition coefficient (Wildman–Crippen LogP) is 6.36. The number of methoxy groups -OCH3 is 2. The van der Waals surface area contributed by atoms with Gasteiger partial charge < -0.3 is 24.5 Å². The minimum Gasteiger partial charge on any atom is -0.495 e. The van der Waals surface area contributed by atoms with Crippen molar-refractivity contribution in [1.82, 2.24) is 4.98 Å². The summed E-state index contributed by atoms with van der Waals surface area (Å²) in [6, 6.07) is 10.2. The van der Waals surface area contributed by atoms with Crippen molar-refractivity contribution in [1.29, 1.82) is 0 Å². The molecule has 1 amide bonds. The Morgan fingerprint density at radius 2 is 1.75 bits per heavy atom. The number of nitrogens with zero attached hydrogens (tertiary/aromatic N) is 1. The predicted molar refractivity (Wildman–Crippen MR) is 142 cm³/mol. The van der Waals surface area contributed by atoms with E-state index in [0.717, 1.165) is 5.56 Å². The highest BCUT2D eigenvalue weighted by Gasteiger charge is 2.22. The molecule has 0 aliphatic rings. The zero-order valence-corrected chi connectivity index (χ0v) is 21.1. The van der Waals surface area contributed by atoms with Gasteiger partial charge in [-0.3, -0.25) is 4.79 Å². The van der Waals surface area contributed by atoms with Gasteiger partial charge in [0.1, 0.15) is 22.9 Å². The second-order valence-electron chi connectivity index (χ2n) is 7.71. The summed E-state index contributed by atoms with van der Waals surface area (Å²) in [6.07, 6.45) is 2.72. The Labute approximate surface area is 216 Å². The van der Waals surface area contributed by atoms with E-state index < -0.39 is 5.63 Å². The number of pyridine rings is 1. The Hall–Kier alpha value is -4.01. The van der Waals surface area contributed by atoms with E-state index in [1.807, 2.05) is 19.1 Å². The fourth-order valence-corrected chi connectivity index (χ4v) is 4.27. The number of carbonyl (C=O) groups excluding carboxylic acids is 1. The zero-order chi connectivity index (χ0) is 26.0. The van der Waals surface area contributed by atoms with Gasteiger partial charge in [-0.15, -0.1) is 0 Å². The second kappa shape index (κ2) is 10.3. The summed E-state index contributed by atoms with van der Waals surface area (Å²) >= 11 is 13.0. The quantitative estimate of drug-likeness (QED) is 0.270. The van der Waals surface area contributed by atoms with Crippen LogP contribution in [0.3, 0.4) is 0 Å². The third-order valence-electron chi connectivity index (χ3n) is 5.34. The maximum absolute atomic E-state index is 13.0. The average Bonchev–Trinajstić information content (AvgIpc) is 2.86. The van der Waals surface area contributed by atoms with E-state index in [0.29, 0.717) is 34.1 Å². The molecule has 0 aliphatic carbocycles. The van der Waals surface area contributed by atoms with Crippen LogP contribution in [0.5, 0.6) is 11.5 Å². The summed E-state index contributed by atoms with van der Waals surface area (Å²) in [4.78, 5) is 29.2. The lowest BCUT2D eigenvalue weighted by Gasteiger charge is -2.15. The highest BCUT2D eigenvalue weighted by Crippen LogP contribution is 2.45. The van der Waals surface area contributed by atoms with Gasteiger partial charge in [0, 0.05) is 29.3 Å². The standard InChI is InChI=1S/C26H21Cl2N3O5/c1-5-22(32)31-16-7-6-13(2)8-17(16)30-21-11-18-14(12-29-21)9-15(26(33)36-18)23-24(27)19(34-3)10-20(35-4)25(23)28/h5-12H,1H2,2-4H3,(H,29,30)(H,31,32). The number of carbonyl (C=O) groups is 1. The summed E-state index contributed by atoms with van der Waals surface area (Å²) in [5, 5.41) is 6.73. The summed E-state index contributed by atoms with van der Waals surface area (Å²) in [6.45, 7) is 5.39. The fraction of sp³-hybridized carbons (Fsp3) is 0.115. The molecular weight excluding hydrogens is 505 g/mol. The first-order chi connectivity index (χ1) is 17.2. The molecule has 0 unspecified atom stereocenters. The summed E-state index contributed by atoms with van der Waals surface area (Å²) < 4.78 is 16.2. The number of hydrogen-bond donors (Lipinski definition) is 2. The molecule has 2 heterocycles. The zero-order valence-electron chi connectivity index (χ0n) is 19.6. The molecule has 0 bridgehead atoms. The minimum atomic E-state index is -0.659. The van der Waals surface area contributed by atoms with Crippen LogP contribution in [0.4, 0.5) is 17.2 Å². The van der Waals surface area contributed by atoms with Crippen molar-refractivity contribution in [3.8, 4) is 22.6 Å². The van der Waals surface area contributed by atoms with E-state index in [1.54, 1.807) is 24.4 Å². The number of benzene rings is 2. The van der Waals surface area contributed by atoms with Gasteiger partial charge >= 0.3 is 5.63 Å². The van der Waals surface area contributed by atoms with Crippen LogP contribution >= 0.6 is 23.2 Å². The van der Waals surface area contributed by atoms with Gasteiger partial charge in [-0.25, -0.2) is 9.78 Å². The number of aromatic nitrogens is 1. The van der Waals surface area contributed by atoms with Crippen molar-refractivity contribution < 1.29 is 18.7 Å². The lowest BCUT2D eigenvalue weighted by atomic mass is 10.1.